The Balaban J connectivity index is 1.11. The Morgan fingerprint density at radius 1 is 1.05 bits per heavy atom. The van der Waals surface area contributed by atoms with E-state index in [1.165, 1.54) is 12.4 Å². The minimum atomic E-state index is -0.208. The molecule has 40 heavy (non-hydrogen) atoms. The maximum absolute atomic E-state index is 14.8. The van der Waals surface area contributed by atoms with Crippen LogP contribution in [0.1, 0.15) is 16.4 Å². The van der Waals surface area contributed by atoms with E-state index in [1.807, 2.05) is 30.0 Å². The molecule has 0 amide bonds. The minimum Gasteiger partial charge on any atom is -0.382 e. The van der Waals surface area contributed by atoms with Gasteiger partial charge in [0.25, 0.3) is 0 Å². The number of fused-ring (bicyclic) bond motifs is 1. The maximum atomic E-state index is 14.8. The summed E-state index contributed by atoms with van der Waals surface area (Å²) in [7, 11) is 0. The van der Waals surface area contributed by atoms with Gasteiger partial charge in [-0.3, -0.25) is 9.88 Å². The monoisotopic (exact) mass is 557 g/mol. The molecule has 0 saturated carbocycles. The van der Waals surface area contributed by atoms with Crippen LogP contribution in [-0.2, 0) is 6.54 Å². The molecule has 0 bridgehead atoms. The number of hydrogen-bond donors (Lipinski definition) is 1. The first-order valence-electron chi connectivity index (χ1n) is 12.9. The van der Waals surface area contributed by atoms with Gasteiger partial charge in [-0.05, 0) is 32.0 Å². The lowest BCUT2D eigenvalue weighted by Gasteiger charge is -2.36. The second kappa shape index (κ2) is 11.0. The molecule has 0 spiro atoms. The number of hydrogen-bond acceptors (Lipinski definition) is 10. The normalized spacial score (nSPS) is 14.8. The number of amidine groups is 1. The highest BCUT2D eigenvalue weighted by molar-refractivity contribution is 7.09. The molecule has 5 aromatic rings. The summed E-state index contributed by atoms with van der Waals surface area (Å²) in [4.78, 5) is 30.7. The number of aromatic nitrogens is 7. The lowest BCUT2D eigenvalue weighted by atomic mass is 10.1. The Bertz CT molecular complexity index is 1690. The average molecular weight is 558 g/mol. The van der Waals surface area contributed by atoms with Crippen LogP contribution in [0.15, 0.2) is 53.5 Å². The van der Waals surface area contributed by atoms with Crippen molar-refractivity contribution in [2.24, 2.45) is 10.7 Å². The van der Waals surface area contributed by atoms with E-state index in [0.29, 0.717) is 40.5 Å². The third kappa shape index (κ3) is 5.25. The Hall–Kier alpha value is -4.36. The van der Waals surface area contributed by atoms with E-state index in [4.69, 9.17) is 5.73 Å². The van der Waals surface area contributed by atoms with Gasteiger partial charge >= 0.3 is 0 Å². The number of aliphatic imine (C=N–C) groups is 1. The second-order valence-electron chi connectivity index (χ2n) is 9.54. The fourth-order valence-electron chi connectivity index (χ4n) is 4.82. The number of benzene rings is 1. The highest BCUT2D eigenvalue weighted by atomic mass is 32.1. The molecule has 5 heterocycles. The Kier molecular flexibility index (Phi) is 7.13. The fourth-order valence-corrected chi connectivity index (χ4v) is 5.44. The van der Waals surface area contributed by atoms with Crippen molar-refractivity contribution in [1.29, 1.82) is 0 Å². The minimum absolute atomic E-state index is 0.208. The topological polar surface area (TPSA) is 127 Å². The highest BCUT2D eigenvalue weighted by Gasteiger charge is 2.21. The van der Waals surface area contributed by atoms with Crippen LogP contribution in [0.4, 0.5) is 15.9 Å². The summed E-state index contributed by atoms with van der Waals surface area (Å²) in [6.45, 7) is 8.34. The van der Waals surface area contributed by atoms with Crippen molar-refractivity contribution in [1.82, 2.24) is 39.6 Å². The van der Waals surface area contributed by atoms with Gasteiger partial charge in [-0.25, -0.2) is 34.0 Å². The smallest absolute Gasteiger partial charge is 0.168 e. The van der Waals surface area contributed by atoms with Crippen molar-refractivity contribution >= 4 is 39.7 Å². The summed E-state index contributed by atoms with van der Waals surface area (Å²) in [5.41, 5.74) is 10.6. The fraction of sp³-hybridized carbons (Fsp3) is 0.296. The van der Waals surface area contributed by atoms with Crippen LogP contribution >= 0.6 is 11.3 Å². The van der Waals surface area contributed by atoms with Crippen LogP contribution in [0.3, 0.4) is 0 Å². The molecule has 0 aliphatic carbocycles. The summed E-state index contributed by atoms with van der Waals surface area (Å²) >= 11 is 1.60. The molecule has 13 heteroatoms. The van der Waals surface area contributed by atoms with Gasteiger partial charge in [-0.15, -0.1) is 11.3 Å². The van der Waals surface area contributed by atoms with Gasteiger partial charge in [0, 0.05) is 56.1 Å². The van der Waals surface area contributed by atoms with E-state index in [1.54, 1.807) is 36.0 Å². The highest BCUT2D eigenvalue weighted by Crippen LogP contribution is 2.29. The number of piperazine rings is 1. The van der Waals surface area contributed by atoms with Gasteiger partial charge in [0.05, 0.1) is 40.2 Å². The zero-order valence-corrected chi connectivity index (χ0v) is 23.0. The molecule has 11 nitrogen and oxygen atoms in total. The van der Waals surface area contributed by atoms with Crippen LogP contribution in [0, 0.1) is 19.7 Å². The van der Waals surface area contributed by atoms with E-state index in [9.17, 15) is 4.39 Å². The number of thiazole rings is 1. The van der Waals surface area contributed by atoms with Crippen molar-refractivity contribution in [3.63, 3.8) is 0 Å². The quantitative estimate of drug-likeness (QED) is 0.237. The van der Waals surface area contributed by atoms with E-state index in [0.717, 1.165) is 49.0 Å². The van der Waals surface area contributed by atoms with Crippen molar-refractivity contribution in [3.05, 3.63) is 70.7 Å². The molecule has 1 fully saturated rings. The zero-order chi connectivity index (χ0) is 27.6. The standard InChI is InChI=1S/C27H28FN11S/c1-17-24(31-6-5-30-17)25(29)36-26-20-14-34-39(27(20)33-16-32-26)12-9-37-7-10-38(11-8-37)23-13-19(3-4-21(23)28)22-15-40-18(2)35-22/h3-6,13-16H,7-12H2,1-2H3,(H2,29,32,33,36). The predicted molar refractivity (Wildman–Crippen MR) is 153 cm³/mol. The molecule has 2 N–H and O–H groups in total. The predicted octanol–water partition coefficient (Wildman–Crippen LogP) is 3.35. The van der Waals surface area contributed by atoms with Gasteiger partial charge < -0.3 is 10.6 Å². The Morgan fingerprint density at radius 3 is 2.65 bits per heavy atom. The molecule has 6 rings (SSSR count). The molecule has 204 valence electrons. The molecule has 0 unspecified atom stereocenters. The van der Waals surface area contributed by atoms with E-state index < -0.39 is 0 Å². The van der Waals surface area contributed by atoms with Crippen LogP contribution < -0.4 is 10.6 Å². The van der Waals surface area contributed by atoms with Crippen LogP contribution in [-0.4, -0.2) is 78.2 Å². The van der Waals surface area contributed by atoms with Gasteiger partial charge in [0.2, 0.25) is 0 Å². The Labute approximate surface area is 234 Å². The van der Waals surface area contributed by atoms with E-state index in [2.05, 4.69) is 44.8 Å². The SMILES string of the molecule is Cc1nc(-c2ccc(F)c(N3CCN(CCn4ncc5c(/N=C(\N)c6nccnc6C)ncnc54)CC3)c2)cs1. The summed E-state index contributed by atoms with van der Waals surface area (Å²) in [5.74, 6) is 0.463. The third-order valence-corrected chi connectivity index (χ3v) is 7.74. The first-order chi connectivity index (χ1) is 19.5. The molecule has 1 aromatic carbocycles. The van der Waals surface area contributed by atoms with E-state index >= 15 is 0 Å². The maximum Gasteiger partial charge on any atom is 0.168 e. The van der Waals surface area contributed by atoms with Crippen LogP contribution in [0.2, 0.25) is 0 Å². The van der Waals surface area contributed by atoms with Crippen LogP contribution in [0.25, 0.3) is 22.3 Å². The Morgan fingerprint density at radius 2 is 1.88 bits per heavy atom. The lowest BCUT2D eigenvalue weighted by Crippen LogP contribution is -2.47. The average Bonchev–Trinajstić information content (AvgIpc) is 3.59. The molecule has 1 saturated heterocycles. The second-order valence-corrected chi connectivity index (χ2v) is 10.6. The van der Waals surface area contributed by atoms with Crippen molar-refractivity contribution in [2.45, 2.75) is 20.4 Å². The largest absolute Gasteiger partial charge is 0.382 e. The third-order valence-electron chi connectivity index (χ3n) is 6.96. The first-order valence-corrected chi connectivity index (χ1v) is 13.8. The van der Waals surface area contributed by atoms with Gasteiger partial charge in [0.1, 0.15) is 17.8 Å². The van der Waals surface area contributed by atoms with E-state index in [-0.39, 0.29) is 11.7 Å². The number of halogens is 1. The summed E-state index contributed by atoms with van der Waals surface area (Å²) in [6, 6.07) is 5.24. The number of nitrogens with two attached hydrogens (primary N) is 1. The molecule has 1 aliphatic rings. The number of anilines is 1. The molecular weight excluding hydrogens is 529 g/mol. The number of aryl methyl sites for hydroxylation is 2. The summed E-state index contributed by atoms with van der Waals surface area (Å²) < 4.78 is 16.6. The lowest BCUT2D eigenvalue weighted by molar-refractivity contribution is 0.245. The van der Waals surface area contributed by atoms with Gasteiger partial charge in [0.15, 0.2) is 17.3 Å². The molecular formula is C27H28FN11S. The molecule has 0 radical (unpaired) electrons. The zero-order valence-electron chi connectivity index (χ0n) is 22.2. The summed E-state index contributed by atoms with van der Waals surface area (Å²) in [5, 5.41) is 8.25. The number of nitrogens with zero attached hydrogens (tertiary/aromatic N) is 10. The molecule has 0 atom stereocenters. The number of rotatable bonds is 7. The van der Waals surface area contributed by atoms with Crippen molar-refractivity contribution in [2.75, 3.05) is 37.6 Å². The van der Waals surface area contributed by atoms with Crippen molar-refractivity contribution in [3.8, 4) is 11.3 Å². The first kappa shape index (κ1) is 25.9. The van der Waals surface area contributed by atoms with Crippen molar-refractivity contribution < 1.29 is 4.39 Å². The van der Waals surface area contributed by atoms with Gasteiger partial charge in [-0.2, -0.15) is 5.10 Å². The molecule has 4 aromatic heterocycles. The van der Waals surface area contributed by atoms with Crippen LogP contribution in [0.5, 0.6) is 0 Å². The molecule has 1 aliphatic heterocycles. The van der Waals surface area contributed by atoms with Gasteiger partial charge in [-0.1, -0.05) is 0 Å². The summed E-state index contributed by atoms with van der Waals surface area (Å²) in [6.07, 6.45) is 6.36.